The first-order valence-corrected chi connectivity index (χ1v) is 9.25. The first-order chi connectivity index (χ1) is 14.3. The molecule has 0 N–H and O–H groups in total. The summed E-state index contributed by atoms with van der Waals surface area (Å²) >= 11 is 0. The van der Waals surface area contributed by atoms with Gasteiger partial charge in [0, 0.05) is 25.8 Å². The molecule has 0 atom stereocenters. The van der Waals surface area contributed by atoms with Gasteiger partial charge in [0.1, 0.15) is 11.6 Å². The summed E-state index contributed by atoms with van der Waals surface area (Å²) in [6.07, 6.45) is -10.3. The number of likely N-dealkylation sites (N-methyl/N-ethyl adjacent to an activating group) is 1. The van der Waals surface area contributed by atoms with Crippen LogP contribution in [0.4, 0.5) is 42.2 Å². The maximum Gasteiger partial charge on any atom is 0.416 e. The standard InChI is InChI=1S/C20H18F7N3O/c1-11-15(21)4-5-17(28-11)29(2)18(31)10-13-14(20(25,26)27)8-12(19(22,23)24)9-16(13)30-6-3-7-30/h4-5,8-9H,3,6-7,10H2,1-2H3. The summed E-state index contributed by atoms with van der Waals surface area (Å²) in [5.74, 6) is -1.44. The van der Waals surface area contributed by atoms with Crippen molar-refractivity contribution < 1.29 is 35.5 Å². The number of alkyl halides is 6. The van der Waals surface area contributed by atoms with E-state index in [1.54, 1.807) is 0 Å². The van der Waals surface area contributed by atoms with Gasteiger partial charge in [0.25, 0.3) is 0 Å². The van der Waals surface area contributed by atoms with Gasteiger partial charge < -0.3 is 4.90 Å². The molecule has 1 aliphatic rings. The summed E-state index contributed by atoms with van der Waals surface area (Å²) in [6.45, 7) is 1.93. The van der Waals surface area contributed by atoms with Crippen molar-refractivity contribution >= 4 is 17.4 Å². The SMILES string of the molecule is Cc1nc(N(C)C(=O)Cc2c(N3CCC3)cc(C(F)(F)F)cc2C(F)(F)F)ccc1F. The van der Waals surface area contributed by atoms with Crippen molar-refractivity contribution in [1.82, 2.24) is 4.98 Å². The number of hydrogen-bond donors (Lipinski definition) is 0. The number of halogens is 7. The third-order valence-corrected chi connectivity index (χ3v) is 5.11. The highest BCUT2D eigenvalue weighted by molar-refractivity contribution is 5.94. The molecule has 4 nitrogen and oxygen atoms in total. The van der Waals surface area contributed by atoms with Crippen molar-refractivity contribution in [2.75, 3.05) is 29.9 Å². The maximum absolute atomic E-state index is 13.7. The van der Waals surface area contributed by atoms with Gasteiger partial charge in [-0.1, -0.05) is 0 Å². The normalized spacial score (nSPS) is 14.4. The lowest BCUT2D eigenvalue weighted by atomic mass is 9.95. The van der Waals surface area contributed by atoms with Gasteiger partial charge in [-0.25, -0.2) is 9.37 Å². The molecular weight excluding hydrogens is 431 g/mol. The number of hydrogen-bond acceptors (Lipinski definition) is 3. The van der Waals surface area contributed by atoms with Crippen molar-refractivity contribution in [1.29, 1.82) is 0 Å². The number of aryl methyl sites for hydroxylation is 1. The van der Waals surface area contributed by atoms with Gasteiger partial charge in [-0.3, -0.25) is 9.69 Å². The van der Waals surface area contributed by atoms with E-state index in [0.29, 0.717) is 12.5 Å². The van der Waals surface area contributed by atoms with Crippen LogP contribution in [0.1, 0.15) is 28.8 Å². The average molecular weight is 449 g/mol. The number of amides is 1. The van der Waals surface area contributed by atoms with Crippen molar-refractivity contribution in [2.24, 2.45) is 0 Å². The van der Waals surface area contributed by atoms with Crippen LogP contribution in [0, 0.1) is 12.7 Å². The fourth-order valence-electron chi connectivity index (χ4n) is 3.21. The molecule has 3 rings (SSSR count). The van der Waals surface area contributed by atoms with E-state index in [0.717, 1.165) is 11.0 Å². The Hall–Kier alpha value is -2.85. The molecule has 1 aromatic carbocycles. The quantitative estimate of drug-likeness (QED) is 0.618. The van der Waals surface area contributed by atoms with Crippen molar-refractivity contribution in [2.45, 2.75) is 32.1 Å². The van der Waals surface area contributed by atoms with E-state index in [2.05, 4.69) is 4.98 Å². The molecule has 0 unspecified atom stereocenters. The van der Waals surface area contributed by atoms with Crippen molar-refractivity contribution in [3.63, 3.8) is 0 Å². The van der Waals surface area contributed by atoms with Crippen LogP contribution >= 0.6 is 0 Å². The summed E-state index contributed by atoms with van der Waals surface area (Å²) in [5.41, 5.74) is -3.74. The maximum atomic E-state index is 13.7. The summed E-state index contributed by atoms with van der Waals surface area (Å²) in [7, 11) is 1.25. The van der Waals surface area contributed by atoms with E-state index in [9.17, 15) is 35.5 Å². The van der Waals surface area contributed by atoms with Crippen LogP contribution in [-0.2, 0) is 23.6 Å². The zero-order valence-electron chi connectivity index (χ0n) is 16.5. The van der Waals surface area contributed by atoms with Crippen LogP contribution in [0.25, 0.3) is 0 Å². The predicted octanol–water partition coefficient (Wildman–Crippen LogP) is 4.98. The lowest BCUT2D eigenvalue weighted by Crippen LogP contribution is -2.39. The number of rotatable bonds is 4. The first-order valence-electron chi connectivity index (χ1n) is 9.25. The Bertz CT molecular complexity index is 997. The summed E-state index contributed by atoms with van der Waals surface area (Å²) in [5, 5.41) is 0. The third kappa shape index (κ3) is 4.75. The van der Waals surface area contributed by atoms with E-state index < -0.39 is 47.2 Å². The molecule has 11 heteroatoms. The summed E-state index contributed by atoms with van der Waals surface area (Å²) in [4.78, 5) is 19.0. The molecule has 1 aliphatic heterocycles. The number of anilines is 2. The van der Waals surface area contributed by atoms with E-state index in [1.807, 2.05) is 0 Å². The van der Waals surface area contributed by atoms with Gasteiger partial charge in [0.2, 0.25) is 5.91 Å². The highest BCUT2D eigenvalue weighted by Crippen LogP contribution is 2.43. The molecule has 2 heterocycles. The molecule has 1 amide bonds. The van der Waals surface area contributed by atoms with Crippen LogP contribution in [-0.4, -0.2) is 31.0 Å². The topological polar surface area (TPSA) is 36.4 Å². The van der Waals surface area contributed by atoms with Crippen LogP contribution < -0.4 is 9.80 Å². The number of pyridine rings is 1. The lowest BCUT2D eigenvalue weighted by molar-refractivity contribution is -0.143. The second kappa shape index (κ2) is 8.01. The second-order valence-electron chi connectivity index (χ2n) is 7.22. The molecule has 1 aromatic heterocycles. The minimum Gasteiger partial charge on any atom is -0.371 e. The number of carbonyl (C=O) groups excluding carboxylic acids is 1. The Balaban J connectivity index is 2.05. The zero-order valence-corrected chi connectivity index (χ0v) is 16.5. The fraction of sp³-hybridized carbons (Fsp3) is 0.400. The Morgan fingerprint density at radius 3 is 2.23 bits per heavy atom. The molecular formula is C20H18F7N3O. The second-order valence-corrected chi connectivity index (χ2v) is 7.22. The Kier molecular flexibility index (Phi) is 5.90. The zero-order chi connectivity index (χ0) is 23.1. The molecule has 0 bridgehead atoms. The molecule has 1 saturated heterocycles. The molecule has 168 valence electrons. The smallest absolute Gasteiger partial charge is 0.371 e. The van der Waals surface area contributed by atoms with Crippen LogP contribution in [0.2, 0.25) is 0 Å². The highest BCUT2D eigenvalue weighted by Gasteiger charge is 2.41. The number of aromatic nitrogens is 1. The van der Waals surface area contributed by atoms with Gasteiger partial charge in [0.15, 0.2) is 0 Å². The Morgan fingerprint density at radius 2 is 1.74 bits per heavy atom. The number of nitrogens with zero attached hydrogens (tertiary/aromatic N) is 3. The molecule has 0 radical (unpaired) electrons. The predicted molar refractivity (Wildman–Crippen MR) is 99.3 cm³/mol. The minimum atomic E-state index is -5.10. The fourth-order valence-corrected chi connectivity index (χ4v) is 3.21. The molecule has 0 saturated carbocycles. The van der Waals surface area contributed by atoms with Gasteiger partial charge >= 0.3 is 12.4 Å². The van der Waals surface area contributed by atoms with Crippen molar-refractivity contribution in [3.05, 3.63) is 52.5 Å². The lowest BCUT2D eigenvalue weighted by Gasteiger charge is -2.36. The molecule has 0 aliphatic carbocycles. The number of carbonyl (C=O) groups is 1. The van der Waals surface area contributed by atoms with Gasteiger partial charge in [0.05, 0.1) is 23.2 Å². The Morgan fingerprint density at radius 1 is 1.10 bits per heavy atom. The van der Waals surface area contributed by atoms with Crippen LogP contribution in [0.3, 0.4) is 0 Å². The molecule has 1 fully saturated rings. The van der Waals surface area contributed by atoms with Crippen molar-refractivity contribution in [3.8, 4) is 0 Å². The monoisotopic (exact) mass is 449 g/mol. The van der Waals surface area contributed by atoms with Gasteiger partial charge in [-0.15, -0.1) is 0 Å². The highest BCUT2D eigenvalue weighted by atomic mass is 19.4. The third-order valence-electron chi connectivity index (χ3n) is 5.11. The first kappa shape index (κ1) is 22.8. The largest absolute Gasteiger partial charge is 0.416 e. The van der Waals surface area contributed by atoms with E-state index in [1.165, 1.54) is 24.9 Å². The van der Waals surface area contributed by atoms with E-state index >= 15 is 0 Å². The molecule has 2 aromatic rings. The summed E-state index contributed by atoms with van der Waals surface area (Å²) in [6, 6.07) is 2.93. The van der Waals surface area contributed by atoms with Crippen LogP contribution in [0.5, 0.6) is 0 Å². The van der Waals surface area contributed by atoms with Gasteiger partial charge in [-0.05, 0) is 43.2 Å². The molecule has 31 heavy (non-hydrogen) atoms. The summed E-state index contributed by atoms with van der Waals surface area (Å²) < 4.78 is 94.2. The minimum absolute atomic E-state index is 0.00914. The van der Waals surface area contributed by atoms with Gasteiger partial charge in [-0.2, -0.15) is 26.3 Å². The molecule has 0 spiro atoms. The van der Waals surface area contributed by atoms with Crippen LogP contribution in [0.15, 0.2) is 24.3 Å². The average Bonchev–Trinajstić information content (AvgIpc) is 2.61. The van der Waals surface area contributed by atoms with E-state index in [4.69, 9.17) is 0 Å². The number of benzene rings is 1. The Labute approximate surface area is 173 Å². The van der Waals surface area contributed by atoms with E-state index in [-0.39, 0.29) is 36.4 Å².